The first-order valence-electron chi connectivity index (χ1n) is 30.0. The Kier molecular flexibility index (Phi) is 16.5. The summed E-state index contributed by atoms with van der Waals surface area (Å²) < 4.78 is 188. The van der Waals surface area contributed by atoms with Gasteiger partial charge in [0.05, 0.1) is 33.3 Å². The molecule has 11 aromatic carbocycles. The highest BCUT2D eigenvalue weighted by molar-refractivity contribution is 6.12. The Labute approximate surface area is 540 Å². The number of hydrogen-bond acceptors (Lipinski definition) is 2. The smallest absolute Gasteiger partial charge is 0.194 e. The Morgan fingerprint density at radius 1 is 0.366 bits per heavy atom. The Morgan fingerprint density at radius 2 is 0.645 bits per heavy atom. The largest absolute Gasteiger partial charge is 1.00 e. The minimum atomic E-state index is -1.71. The number of methoxy groups -OCH3 is 1. The van der Waals surface area contributed by atoms with Crippen LogP contribution in [0.1, 0.15) is 63.8 Å². The standard InChI is InChI=1S/C77H59F12N2O.BrH/c1-76(2,3)59-36-52(37-60(75(59)92-7)77(4,5)6)90-16-18-91(19-17-90)38-57-55(50-22-42(46-28-61(78)71(86)62(79)29-46)20-43(23-50)47-30-63(80)72(87)64(81)31-47)26-40-12-8-10-14-53(40)69(57)70-54-15-11-9-13-41(54)27-56(58(70)39-91)51-24-44(48-32-65(82)73(88)66(83)33-48)21-45(25-51)49-34-67(84)74(89)68(85)35-49;/h8-15,20-37H,16-19,38-39H2,1-7H3;1H/q+1;/p-1. The van der Waals surface area contributed by atoms with E-state index in [0.717, 1.165) is 115 Å². The van der Waals surface area contributed by atoms with Crippen LogP contribution in [0.4, 0.5) is 58.4 Å². The maximum atomic E-state index is 15.4. The third kappa shape index (κ3) is 11.6. The summed E-state index contributed by atoms with van der Waals surface area (Å²) in [5.41, 5.74) is 7.57. The lowest BCUT2D eigenvalue weighted by Crippen LogP contribution is -3.00. The van der Waals surface area contributed by atoms with Crippen LogP contribution in [0.3, 0.4) is 0 Å². The molecule has 474 valence electrons. The number of benzene rings is 11. The van der Waals surface area contributed by atoms with E-state index in [0.29, 0.717) is 66.0 Å². The Hall–Kier alpha value is -8.86. The van der Waals surface area contributed by atoms with Crippen molar-refractivity contribution >= 4 is 27.2 Å². The predicted octanol–water partition coefficient (Wildman–Crippen LogP) is 18.3. The van der Waals surface area contributed by atoms with Crippen molar-refractivity contribution in [3.63, 3.8) is 0 Å². The summed E-state index contributed by atoms with van der Waals surface area (Å²) in [6.07, 6.45) is 0. The van der Waals surface area contributed by atoms with Gasteiger partial charge in [0.25, 0.3) is 0 Å². The molecule has 0 saturated carbocycles. The van der Waals surface area contributed by atoms with Crippen LogP contribution >= 0.6 is 0 Å². The van der Waals surface area contributed by atoms with Crippen LogP contribution < -0.4 is 26.6 Å². The van der Waals surface area contributed by atoms with E-state index >= 15 is 35.1 Å². The molecule has 0 unspecified atom stereocenters. The molecule has 2 aliphatic heterocycles. The van der Waals surface area contributed by atoms with Gasteiger partial charge in [0.1, 0.15) is 18.8 Å². The van der Waals surface area contributed by atoms with E-state index in [-0.39, 0.29) is 72.3 Å². The molecule has 93 heavy (non-hydrogen) atoms. The van der Waals surface area contributed by atoms with Crippen molar-refractivity contribution in [2.75, 3.05) is 38.2 Å². The highest BCUT2D eigenvalue weighted by atomic mass is 79.9. The van der Waals surface area contributed by atoms with Gasteiger partial charge >= 0.3 is 0 Å². The molecule has 1 saturated heterocycles. The van der Waals surface area contributed by atoms with E-state index in [2.05, 4.69) is 58.6 Å². The van der Waals surface area contributed by atoms with Gasteiger partial charge in [-0.25, -0.2) is 52.7 Å². The van der Waals surface area contributed by atoms with Crippen molar-refractivity contribution in [3.8, 4) is 83.6 Å². The maximum absolute atomic E-state index is 15.4. The number of halogens is 13. The second-order valence-corrected chi connectivity index (χ2v) is 26.3. The second kappa shape index (κ2) is 23.9. The average molecular weight is 1340 g/mol. The number of piperazine rings is 1. The number of rotatable bonds is 8. The van der Waals surface area contributed by atoms with Crippen LogP contribution in [0.2, 0.25) is 0 Å². The molecule has 13 rings (SSSR count). The number of fused-ring (bicyclic) bond motifs is 7. The zero-order chi connectivity index (χ0) is 65.2. The van der Waals surface area contributed by atoms with Crippen molar-refractivity contribution in [2.24, 2.45) is 0 Å². The first-order chi connectivity index (χ1) is 43.7. The molecule has 0 aliphatic carbocycles. The fourth-order valence-electron chi connectivity index (χ4n) is 13.6. The Balaban J connectivity index is 0.00000832. The fraction of sp³-hybridized carbons (Fsp3) is 0.195. The van der Waals surface area contributed by atoms with Gasteiger partial charge in [0.2, 0.25) is 0 Å². The molecule has 0 radical (unpaired) electrons. The molecule has 0 N–H and O–H groups in total. The van der Waals surface area contributed by atoms with E-state index in [1.165, 1.54) is 12.1 Å². The summed E-state index contributed by atoms with van der Waals surface area (Å²) in [5.74, 6) is -17.9. The lowest BCUT2D eigenvalue weighted by Gasteiger charge is -2.46. The number of nitrogens with zero attached hydrogens (tertiary/aromatic N) is 2. The highest BCUT2D eigenvalue weighted by Gasteiger charge is 2.42. The third-order valence-electron chi connectivity index (χ3n) is 18.3. The van der Waals surface area contributed by atoms with Crippen molar-refractivity contribution in [1.82, 2.24) is 0 Å². The van der Waals surface area contributed by atoms with Gasteiger partial charge in [0.15, 0.2) is 69.8 Å². The lowest BCUT2D eigenvalue weighted by atomic mass is 9.79. The van der Waals surface area contributed by atoms with Crippen molar-refractivity contribution < 1.29 is 78.9 Å². The number of hydrogen-bond donors (Lipinski definition) is 0. The lowest BCUT2D eigenvalue weighted by molar-refractivity contribution is -0.953. The molecular weight excluding hydrogens is 1280 g/mol. The van der Waals surface area contributed by atoms with Gasteiger partial charge in [-0.05, 0) is 208 Å². The van der Waals surface area contributed by atoms with Crippen molar-refractivity contribution in [3.05, 3.63) is 250 Å². The van der Waals surface area contributed by atoms with Gasteiger partial charge in [-0.2, -0.15) is 0 Å². The van der Waals surface area contributed by atoms with Crippen LogP contribution in [0.15, 0.2) is 158 Å². The van der Waals surface area contributed by atoms with Crippen LogP contribution in [-0.2, 0) is 23.9 Å². The molecule has 2 aliphatic rings. The predicted molar refractivity (Wildman–Crippen MR) is 339 cm³/mol. The summed E-state index contributed by atoms with van der Waals surface area (Å²) in [4.78, 5) is 2.36. The van der Waals surface area contributed by atoms with E-state index in [4.69, 9.17) is 4.74 Å². The Bertz CT molecular complexity index is 4350. The summed E-state index contributed by atoms with van der Waals surface area (Å²) in [6, 6.07) is 39.8. The zero-order valence-corrected chi connectivity index (χ0v) is 53.1. The van der Waals surface area contributed by atoms with Gasteiger partial charge in [-0.1, -0.05) is 90.1 Å². The van der Waals surface area contributed by atoms with Gasteiger partial charge in [-0.3, -0.25) is 0 Å². The molecule has 0 aromatic heterocycles. The van der Waals surface area contributed by atoms with Crippen LogP contribution in [0, 0.1) is 69.8 Å². The highest BCUT2D eigenvalue weighted by Crippen LogP contribution is 2.53. The Morgan fingerprint density at radius 3 is 0.935 bits per heavy atom. The first kappa shape index (κ1) is 64.3. The first-order valence-corrected chi connectivity index (χ1v) is 30.0. The normalized spacial score (nSPS) is 13.9. The monoisotopic (exact) mass is 1330 g/mol. The summed E-state index contributed by atoms with van der Waals surface area (Å²) in [7, 11) is 1.68. The maximum Gasteiger partial charge on any atom is 0.194 e. The molecular formula is C77H59BrF12N2O. The van der Waals surface area contributed by atoms with Gasteiger partial charge in [-0.15, -0.1) is 0 Å². The number of quaternary nitrogens is 1. The molecule has 0 atom stereocenters. The molecule has 0 bridgehead atoms. The van der Waals surface area contributed by atoms with Gasteiger partial charge < -0.3 is 31.1 Å². The van der Waals surface area contributed by atoms with Crippen LogP contribution in [0.25, 0.3) is 99.4 Å². The minimum Gasteiger partial charge on any atom is -1.00 e. The fourth-order valence-corrected chi connectivity index (χ4v) is 13.6. The molecule has 2 heterocycles. The third-order valence-corrected chi connectivity index (χ3v) is 18.3. The van der Waals surface area contributed by atoms with E-state index in [9.17, 15) is 17.6 Å². The van der Waals surface area contributed by atoms with Crippen molar-refractivity contribution in [2.45, 2.75) is 65.5 Å². The minimum absolute atomic E-state index is 0. The second-order valence-electron chi connectivity index (χ2n) is 26.3. The molecule has 3 nitrogen and oxygen atoms in total. The molecule has 16 heteroatoms. The topological polar surface area (TPSA) is 12.5 Å². The van der Waals surface area contributed by atoms with E-state index < -0.39 is 69.8 Å². The van der Waals surface area contributed by atoms with E-state index in [1.807, 2.05) is 60.7 Å². The molecule has 0 amide bonds. The average Bonchev–Trinajstić information content (AvgIpc) is 1.66. The number of ether oxygens (including phenoxy) is 1. The van der Waals surface area contributed by atoms with Crippen LogP contribution in [0.5, 0.6) is 5.75 Å². The summed E-state index contributed by atoms with van der Waals surface area (Å²) >= 11 is 0. The zero-order valence-electron chi connectivity index (χ0n) is 51.5. The van der Waals surface area contributed by atoms with Crippen molar-refractivity contribution in [1.29, 1.82) is 0 Å². The quantitative estimate of drug-likeness (QED) is 0.0854. The molecule has 11 aromatic rings. The van der Waals surface area contributed by atoms with E-state index in [1.54, 1.807) is 31.4 Å². The number of anilines is 1. The molecule has 1 spiro atoms. The SMILES string of the molecule is COc1c(C(C)(C)C)cc(N2CC[N+]3(CC2)Cc2c(-c4cc(-c5cc(F)c(F)c(F)c5)cc(-c5cc(F)c(F)c(F)c5)c4)cc4ccccc4c2-c2c(c(-c4cc(-c5cc(F)c(F)c(F)c5)cc(-c5cc(F)c(F)c(F)c5)c4)cc4ccccc24)C3)cc1C(C)(C)C.[Br-]. The summed E-state index contributed by atoms with van der Waals surface area (Å²) in [6.45, 7) is 15.5. The summed E-state index contributed by atoms with van der Waals surface area (Å²) in [5, 5.41) is 3.03. The van der Waals surface area contributed by atoms with Crippen LogP contribution in [-0.4, -0.2) is 37.8 Å². The van der Waals surface area contributed by atoms with Gasteiger partial charge in [0, 0.05) is 39.1 Å². The molecule has 1 fully saturated rings.